The van der Waals surface area contributed by atoms with Gasteiger partial charge in [-0.3, -0.25) is 0 Å². The predicted molar refractivity (Wildman–Crippen MR) is 81.1 cm³/mol. The number of nitrogens with one attached hydrogen (secondary N) is 1. The highest BCUT2D eigenvalue weighted by molar-refractivity contribution is 7.89. The van der Waals surface area contributed by atoms with E-state index in [4.69, 9.17) is 0 Å². The van der Waals surface area contributed by atoms with Gasteiger partial charge in [-0.25, -0.2) is 4.83 Å². The van der Waals surface area contributed by atoms with E-state index in [1.165, 1.54) is 12.8 Å². The van der Waals surface area contributed by atoms with Gasteiger partial charge in [0.25, 0.3) is 10.0 Å². The molecule has 0 spiro atoms. The van der Waals surface area contributed by atoms with Gasteiger partial charge in [0.1, 0.15) is 0 Å². The number of hydrazone groups is 1. The number of nitrogens with zero attached hydrogens (tertiary/aromatic N) is 1. The lowest BCUT2D eigenvalue weighted by Gasteiger charge is -2.22. The Morgan fingerprint density at radius 2 is 1.85 bits per heavy atom. The first kappa shape index (κ1) is 15.0. The first-order valence-corrected chi connectivity index (χ1v) is 8.72. The maximum atomic E-state index is 12.0. The third-order valence-electron chi connectivity index (χ3n) is 3.76. The van der Waals surface area contributed by atoms with E-state index >= 15 is 0 Å². The number of rotatable bonds is 5. The number of hydrogen-bond donors (Lipinski definition) is 1. The first-order valence-electron chi connectivity index (χ1n) is 7.24. The fourth-order valence-electron chi connectivity index (χ4n) is 2.60. The van der Waals surface area contributed by atoms with Gasteiger partial charge < -0.3 is 0 Å². The van der Waals surface area contributed by atoms with Gasteiger partial charge in [0, 0.05) is 5.71 Å². The van der Waals surface area contributed by atoms with E-state index < -0.39 is 10.0 Å². The lowest BCUT2D eigenvalue weighted by Crippen LogP contribution is -2.22. The van der Waals surface area contributed by atoms with Crippen LogP contribution in [0.1, 0.15) is 45.4 Å². The van der Waals surface area contributed by atoms with Gasteiger partial charge in [0.05, 0.1) is 4.90 Å². The molecule has 1 aliphatic rings. The van der Waals surface area contributed by atoms with Crippen LogP contribution in [0.2, 0.25) is 0 Å². The molecule has 0 amide bonds. The standard InChI is InChI=1S/C15H22N2O2S/c1-2-6-13-9-11-14(12-10-13)16-17-20(18,19)15-7-4-3-5-8-15/h3-5,7-8,13,17H,2,6,9-12H2,1H3. The van der Waals surface area contributed by atoms with Crippen molar-refractivity contribution in [3.8, 4) is 0 Å². The maximum Gasteiger partial charge on any atom is 0.276 e. The molecule has 2 rings (SSSR count). The van der Waals surface area contributed by atoms with E-state index in [0.29, 0.717) is 0 Å². The lowest BCUT2D eigenvalue weighted by atomic mass is 9.85. The van der Waals surface area contributed by atoms with Crippen LogP contribution in [-0.2, 0) is 10.0 Å². The molecule has 0 radical (unpaired) electrons. The van der Waals surface area contributed by atoms with Gasteiger partial charge >= 0.3 is 0 Å². The average Bonchev–Trinajstić information content (AvgIpc) is 2.48. The van der Waals surface area contributed by atoms with Crippen molar-refractivity contribution in [2.75, 3.05) is 0 Å². The molecule has 0 aliphatic heterocycles. The average molecular weight is 294 g/mol. The summed E-state index contributed by atoms with van der Waals surface area (Å²) in [4.78, 5) is 2.61. The molecule has 0 unspecified atom stereocenters. The fourth-order valence-corrected chi connectivity index (χ4v) is 3.47. The summed E-state index contributed by atoms with van der Waals surface area (Å²) in [5.41, 5.74) is 0.969. The number of sulfonamides is 1. The Labute approximate surface area is 121 Å². The molecule has 110 valence electrons. The highest BCUT2D eigenvalue weighted by atomic mass is 32.2. The van der Waals surface area contributed by atoms with Crippen molar-refractivity contribution in [1.82, 2.24) is 4.83 Å². The minimum Gasteiger partial charge on any atom is -0.200 e. The number of hydrogen-bond acceptors (Lipinski definition) is 3. The normalized spacial score (nSPS) is 19.6. The molecule has 0 saturated heterocycles. The molecule has 1 aliphatic carbocycles. The molecule has 1 N–H and O–H groups in total. The van der Waals surface area contributed by atoms with Crippen molar-refractivity contribution in [3.05, 3.63) is 30.3 Å². The molecule has 1 aromatic rings. The van der Waals surface area contributed by atoms with Crippen LogP contribution in [0.25, 0.3) is 0 Å². The van der Waals surface area contributed by atoms with Gasteiger partial charge in [-0.1, -0.05) is 38.0 Å². The van der Waals surface area contributed by atoms with E-state index in [1.807, 2.05) is 0 Å². The molecule has 0 atom stereocenters. The van der Waals surface area contributed by atoms with Crippen LogP contribution in [-0.4, -0.2) is 14.1 Å². The van der Waals surface area contributed by atoms with E-state index in [9.17, 15) is 8.42 Å². The zero-order valence-corrected chi connectivity index (χ0v) is 12.7. The molecular formula is C15H22N2O2S. The van der Waals surface area contributed by atoms with E-state index in [0.717, 1.165) is 37.3 Å². The highest BCUT2D eigenvalue weighted by Crippen LogP contribution is 2.26. The quantitative estimate of drug-likeness (QED) is 0.847. The van der Waals surface area contributed by atoms with E-state index in [2.05, 4.69) is 16.9 Å². The molecule has 1 aromatic carbocycles. The summed E-state index contributed by atoms with van der Waals surface area (Å²) in [6.45, 7) is 2.21. The second kappa shape index (κ2) is 6.88. The Morgan fingerprint density at radius 1 is 1.20 bits per heavy atom. The topological polar surface area (TPSA) is 58.5 Å². The van der Waals surface area contributed by atoms with Crippen molar-refractivity contribution >= 4 is 15.7 Å². The van der Waals surface area contributed by atoms with Crippen LogP contribution in [0.5, 0.6) is 0 Å². The molecule has 0 aromatic heterocycles. The van der Waals surface area contributed by atoms with Crippen LogP contribution in [0.15, 0.2) is 40.3 Å². The molecule has 1 fully saturated rings. The van der Waals surface area contributed by atoms with E-state index in [-0.39, 0.29) is 4.90 Å². The van der Waals surface area contributed by atoms with Gasteiger partial charge in [-0.2, -0.15) is 13.5 Å². The van der Waals surface area contributed by atoms with Crippen LogP contribution in [0.4, 0.5) is 0 Å². The third-order valence-corrected chi connectivity index (χ3v) is 4.98. The summed E-state index contributed by atoms with van der Waals surface area (Å²) in [6, 6.07) is 8.34. The van der Waals surface area contributed by atoms with Gasteiger partial charge in [0.15, 0.2) is 0 Å². The van der Waals surface area contributed by atoms with Crippen molar-refractivity contribution in [2.45, 2.75) is 50.3 Å². The Bertz CT molecular complexity index is 542. The van der Waals surface area contributed by atoms with Crippen LogP contribution < -0.4 is 4.83 Å². The van der Waals surface area contributed by atoms with Crippen molar-refractivity contribution in [1.29, 1.82) is 0 Å². The summed E-state index contributed by atoms with van der Waals surface area (Å²) >= 11 is 0. The van der Waals surface area contributed by atoms with Gasteiger partial charge in [-0.15, -0.1) is 0 Å². The van der Waals surface area contributed by atoms with Gasteiger partial charge in [0.2, 0.25) is 0 Å². The monoisotopic (exact) mass is 294 g/mol. The number of benzene rings is 1. The maximum absolute atomic E-state index is 12.0. The molecule has 5 heteroatoms. The third kappa shape index (κ3) is 4.07. The lowest BCUT2D eigenvalue weighted by molar-refractivity contribution is 0.407. The first-order chi connectivity index (χ1) is 9.62. The summed E-state index contributed by atoms with van der Waals surface area (Å²) < 4.78 is 24.0. The molecule has 0 bridgehead atoms. The molecule has 4 nitrogen and oxygen atoms in total. The van der Waals surface area contributed by atoms with Crippen molar-refractivity contribution in [3.63, 3.8) is 0 Å². The van der Waals surface area contributed by atoms with Crippen LogP contribution in [0.3, 0.4) is 0 Å². The minimum atomic E-state index is -3.52. The molecule has 1 saturated carbocycles. The summed E-state index contributed by atoms with van der Waals surface area (Å²) in [6.07, 6.45) is 6.55. The van der Waals surface area contributed by atoms with Crippen molar-refractivity contribution < 1.29 is 8.42 Å². The zero-order chi connectivity index (χ0) is 14.4. The minimum absolute atomic E-state index is 0.254. The zero-order valence-electron chi connectivity index (χ0n) is 11.9. The molecular weight excluding hydrogens is 272 g/mol. The smallest absolute Gasteiger partial charge is 0.200 e. The van der Waals surface area contributed by atoms with Crippen LogP contribution in [0, 0.1) is 5.92 Å². The molecule has 20 heavy (non-hydrogen) atoms. The fraction of sp³-hybridized carbons (Fsp3) is 0.533. The summed E-state index contributed by atoms with van der Waals surface area (Å²) in [7, 11) is -3.52. The Hall–Kier alpha value is -1.36. The van der Waals surface area contributed by atoms with Crippen LogP contribution >= 0.6 is 0 Å². The Kier molecular flexibility index (Phi) is 5.17. The Balaban J connectivity index is 1.94. The second-order valence-corrected chi connectivity index (χ2v) is 6.98. The summed E-state index contributed by atoms with van der Waals surface area (Å²) in [5, 5.41) is 4.10. The van der Waals surface area contributed by atoms with E-state index in [1.54, 1.807) is 30.3 Å². The molecule has 0 heterocycles. The highest BCUT2D eigenvalue weighted by Gasteiger charge is 2.18. The van der Waals surface area contributed by atoms with Gasteiger partial charge in [-0.05, 0) is 43.7 Å². The second-order valence-electron chi connectivity index (χ2n) is 5.32. The largest absolute Gasteiger partial charge is 0.276 e. The summed E-state index contributed by atoms with van der Waals surface area (Å²) in [5.74, 6) is 0.782. The Morgan fingerprint density at radius 3 is 2.45 bits per heavy atom. The predicted octanol–water partition coefficient (Wildman–Crippen LogP) is 3.31. The van der Waals surface area contributed by atoms with Crippen molar-refractivity contribution in [2.24, 2.45) is 11.0 Å². The SMILES string of the molecule is CCCC1CCC(=NNS(=O)(=O)c2ccccc2)CC1.